The van der Waals surface area contributed by atoms with Gasteiger partial charge in [0.1, 0.15) is 5.60 Å². The zero-order chi connectivity index (χ0) is 19.5. The predicted molar refractivity (Wildman–Crippen MR) is 108 cm³/mol. The normalized spacial score (nSPS) is 48.2. The van der Waals surface area contributed by atoms with Gasteiger partial charge in [-0.1, -0.05) is 31.0 Å². The maximum absolute atomic E-state index is 12.0. The lowest BCUT2D eigenvalue weighted by molar-refractivity contribution is -0.166. The summed E-state index contributed by atoms with van der Waals surface area (Å²) >= 11 is 0. The van der Waals surface area contributed by atoms with Gasteiger partial charge in [-0.3, -0.25) is 0 Å². The number of hydrogen-bond acceptors (Lipinski definition) is 4. The number of nitrogens with zero attached hydrogens (tertiary/aromatic N) is 1. The van der Waals surface area contributed by atoms with Crippen molar-refractivity contribution in [2.75, 3.05) is 0 Å². The Morgan fingerprint density at radius 1 is 1.25 bits per heavy atom. The maximum Gasteiger partial charge on any atom is 0.331 e. The molecule has 1 N–H and O–H groups in total. The second-order valence-corrected chi connectivity index (χ2v) is 9.91. The average molecular weight is 384 g/mol. The number of ether oxygens (including phenoxy) is 1. The van der Waals surface area contributed by atoms with Crippen molar-refractivity contribution in [2.45, 2.75) is 77.2 Å². The molecule has 1 aliphatic heterocycles. The Kier molecular flexibility index (Phi) is 4.26. The van der Waals surface area contributed by atoms with Crippen molar-refractivity contribution in [2.24, 2.45) is 40.2 Å². The van der Waals surface area contributed by atoms with Crippen LogP contribution >= 0.6 is 0 Å². The zero-order valence-electron chi connectivity index (χ0n) is 17.2. The molecule has 0 aromatic rings. The van der Waals surface area contributed by atoms with Crippen molar-refractivity contribution >= 4 is 11.7 Å². The van der Waals surface area contributed by atoms with Crippen LogP contribution in [0.3, 0.4) is 0 Å². The third kappa shape index (κ3) is 2.29. The van der Waals surface area contributed by atoms with Crippen LogP contribution in [0.4, 0.5) is 0 Å². The SMILES string of the molecule is CCC1CC2=C/C(=N/O)CC[C@@H]2C2CC[C@@]3(CC)C(CC[C@@]34C=CC(=O)O4)C12. The first-order valence-corrected chi connectivity index (χ1v) is 11.4. The summed E-state index contributed by atoms with van der Waals surface area (Å²) < 4.78 is 6.05. The van der Waals surface area contributed by atoms with E-state index in [1.807, 2.05) is 0 Å². The highest BCUT2D eigenvalue weighted by molar-refractivity contribution is 5.96. The first-order chi connectivity index (χ1) is 13.6. The lowest BCUT2D eigenvalue weighted by atomic mass is 9.47. The fraction of sp³-hybridized carbons (Fsp3) is 0.750. The van der Waals surface area contributed by atoms with E-state index in [2.05, 4.69) is 31.2 Å². The molecule has 0 aromatic heterocycles. The van der Waals surface area contributed by atoms with Gasteiger partial charge in [-0.2, -0.15) is 0 Å². The fourth-order valence-corrected chi connectivity index (χ4v) is 8.34. The predicted octanol–water partition coefficient (Wildman–Crippen LogP) is 5.27. The van der Waals surface area contributed by atoms with Crippen LogP contribution in [0.1, 0.15) is 71.6 Å². The molecule has 1 heterocycles. The topological polar surface area (TPSA) is 58.9 Å². The number of esters is 1. The van der Waals surface area contributed by atoms with E-state index in [1.165, 1.54) is 31.3 Å². The number of fused-ring (bicyclic) bond motifs is 6. The summed E-state index contributed by atoms with van der Waals surface area (Å²) in [5, 5.41) is 12.8. The van der Waals surface area contributed by atoms with Crippen LogP contribution in [-0.2, 0) is 9.53 Å². The summed E-state index contributed by atoms with van der Waals surface area (Å²) in [4.78, 5) is 12.0. The van der Waals surface area contributed by atoms with Gasteiger partial charge in [-0.25, -0.2) is 4.79 Å². The van der Waals surface area contributed by atoms with Crippen molar-refractivity contribution in [3.8, 4) is 0 Å². The molecule has 4 nitrogen and oxygen atoms in total. The summed E-state index contributed by atoms with van der Waals surface area (Å²) in [5.74, 6) is 3.35. The van der Waals surface area contributed by atoms with Crippen LogP contribution in [0.2, 0.25) is 0 Å². The van der Waals surface area contributed by atoms with Gasteiger partial charge in [0.15, 0.2) is 0 Å². The first kappa shape index (κ1) is 18.4. The van der Waals surface area contributed by atoms with Crippen LogP contribution < -0.4 is 0 Å². The Labute approximate surface area is 168 Å². The molecule has 3 fully saturated rings. The highest BCUT2D eigenvalue weighted by atomic mass is 16.6. The molecule has 0 amide bonds. The molecule has 0 aromatic carbocycles. The largest absolute Gasteiger partial charge is 0.451 e. The third-order valence-corrected chi connectivity index (χ3v) is 9.42. The van der Waals surface area contributed by atoms with E-state index < -0.39 is 0 Å². The molecule has 0 bridgehead atoms. The molecule has 4 unspecified atom stereocenters. The standard InChI is InChI=1S/C24H33NO3/c1-3-15-13-16-14-17(25-27)5-6-18(16)19-7-10-23(4-2)20(22(15)19)8-11-24(23)12-9-21(26)28-24/h9,12,14-15,18-20,22,27H,3-8,10-11,13H2,1-2H3/b25-17+/t15?,18-,19?,20?,22?,23-,24+/m0/s1. The second kappa shape index (κ2) is 6.47. The van der Waals surface area contributed by atoms with Crippen molar-refractivity contribution < 1.29 is 14.7 Å². The number of carbonyl (C=O) groups is 1. The van der Waals surface area contributed by atoms with Crippen molar-refractivity contribution in [1.29, 1.82) is 0 Å². The first-order valence-electron chi connectivity index (χ1n) is 11.4. The average Bonchev–Trinajstić information content (AvgIpc) is 3.27. The van der Waals surface area contributed by atoms with E-state index in [-0.39, 0.29) is 17.0 Å². The molecule has 152 valence electrons. The van der Waals surface area contributed by atoms with Crippen LogP contribution in [0.15, 0.2) is 29.0 Å². The molecule has 0 saturated heterocycles. The van der Waals surface area contributed by atoms with Crippen LogP contribution in [0.25, 0.3) is 0 Å². The van der Waals surface area contributed by atoms with E-state index in [9.17, 15) is 10.0 Å². The van der Waals surface area contributed by atoms with Crippen LogP contribution in [0, 0.1) is 35.0 Å². The Hall–Kier alpha value is -1.58. The summed E-state index contributed by atoms with van der Waals surface area (Å²) in [5.41, 5.74) is 2.18. The third-order valence-electron chi connectivity index (χ3n) is 9.42. The number of hydrogen-bond donors (Lipinski definition) is 1. The van der Waals surface area contributed by atoms with Crippen molar-refractivity contribution in [3.05, 3.63) is 23.8 Å². The van der Waals surface area contributed by atoms with Gasteiger partial charge in [-0.15, -0.1) is 0 Å². The van der Waals surface area contributed by atoms with Crippen molar-refractivity contribution in [1.82, 2.24) is 0 Å². The van der Waals surface area contributed by atoms with Crippen molar-refractivity contribution in [3.63, 3.8) is 0 Å². The zero-order valence-corrected chi connectivity index (χ0v) is 17.2. The van der Waals surface area contributed by atoms with Gasteiger partial charge in [0.05, 0.1) is 5.71 Å². The smallest absolute Gasteiger partial charge is 0.331 e. The molecule has 5 rings (SSSR count). The summed E-state index contributed by atoms with van der Waals surface area (Å²) in [7, 11) is 0. The maximum atomic E-state index is 12.0. The fourth-order valence-electron chi connectivity index (χ4n) is 8.34. The minimum atomic E-state index is -0.341. The van der Waals surface area contributed by atoms with Crippen LogP contribution in [0.5, 0.6) is 0 Å². The highest BCUT2D eigenvalue weighted by Gasteiger charge is 2.67. The summed E-state index contributed by atoms with van der Waals surface area (Å²) in [6.07, 6.45) is 16.1. The Bertz CT molecular complexity index is 768. The molecule has 5 aliphatic rings. The van der Waals surface area contributed by atoms with Crippen LogP contribution in [-0.4, -0.2) is 22.5 Å². The molecule has 28 heavy (non-hydrogen) atoms. The molecule has 4 aliphatic carbocycles. The Morgan fingerprint density at radius 2 is 2.11 bits per heavy atom. The van der Waals surface area contributed by atoms with Gasteiger partial charge < -0.3 is 9.94 Å². The van der Waals surface area contributed by atoms with Gasteiger partial charge in [0.25, 0.3) is 0 Å². The Balaban J connectivity index is 1.53. The molecule has 7 atom stereocenters. The minimum absolute atomic E-state index is 0.123. The second-order valence-electron chi connectivity index (χ2n) is 9.91. The molecule has 3 saturated carbocycles. The molecular weight excluding hydrogens is 350 g/mol. The number of oxime groups is 1. The number of allylic oxidation sites excluding steroid dienone is 2. The number of carbonyl (C=O) groups excluding carboxylic acids is 1. The molecule has 0 radical (unpaired) electrons. The van der Waals surface area contributed by atoms with E-state index in [1.54, 1.807) is 6.08 Å². The van der Waals surface area contributed by atoms with E-state index in [4.69, 9.17) is 4.74 Å². The molecule has 1 spiro atoms. The lowest BCUT2D eigenvalue weighted by Gasteiger charge is -2.58. The van der Waals surface area contributed by atoms with Gasteiger partial charge in [-0.05, 0) is 93.1 Å². The summed E-state index contributed by atoms with van der Waals surface area (Å²) in [6, 6.07) is 0. The molecule has 4 heteroatoms. The Morgan fingerprint density at radius 3 is 2.79 bits per heavy atom. The van der Waals surface area contributed by atoms with Gasteiger partial charge in [0, 0.05) is 11.5 Å². The lowest BCUT2D eigenvalue weighted by Crippen LogP contribution is -2.55. The highest BCUT2D eigenvalue weighted by Crippen LogP contribution is 2.69. The van der Waals surface area contributed by atoms with E-state index >= 15 is 0 Å². The monoisotopic (exact) mass is 383 g/mol. The minimum Gasteiger partial charge on any atom is -0.451 e. The van der Waals surface area contributed by atoms with E-state index in [0.29, 0.717) is 17.8 Å². The summed E-state index contributed by atoms with van der Waals surface area (Å²) in [6.45, 7) is 4.66. The van der Waals surface area contributed by atoms with E-state index in [0.717, 1.165) is 49.7 Å². The number of rotatable bonds is 2. The quantitative estimate of drug-likeness (QED) is 0.401. The van der Waals surface area contributed by atoms with Gasteiger partial charge >= 0.3 is 5.97 Å². The molecular formula is C24H33NO3. The van der Waals surface area contributed by atoms with Gasteiger partial charge in [0.2, 0.25) is 0 Å².